The lowest BCUT2D eigenvalue weighted by Crippen LogP contribution is -2.56. The molecule has 0 radical (unpaired) electrons. The quantitative estimate of drug-likeness (QED) is 0.643. The van der Waals surface area contributed by atoms with Gasteiger partial charge in [0, 0.05) is 31.4 Å². The van der Waals surface area contributed by atoms with Crippen molar-refractivity contribution in [3.63, 3.8) is 0 Å². The minimum atomic E-state index is -3.10. The first-order valence-corrected chi connectivity index (χ1v) is 13.7. The van der Waals surface area contributed by atoms with Crippen molar-refractivity contribution >= 4 is 15.9 Å². The predicted molar refractivity (Wildman–Crippen MR) is 124 cm³/mol. The highest BCUT2D eigenvalue weighted by molar-refractivity contribution is 7.90. The molecule has 1 aromatic carbocycles. The summed E-state index contributed by atoms with van der Waals surface area (Å²) in [5.41, 5.74) is 1.16. The fourth-order valence-corrected chi connectivity index (χ4v) is 6.39. The Morgan fingerprint density at radius 1 is 1.06 bits per heavy atom. The molecule has 0 atom stereocenters. The summed E-state index contributed by atoms with van der Waals surface area (Å²) in [6, 6.07) is 10.8. The van der Waals surface area contributed by atoms with Crippen molar-refractivity contribution in [2.24, 2.45) is 5.92 Å². The third kappa shape index (κ3) is 4.36. The van der Waals surface area contributed by atoms with Crippen molar-refractivity contribution in [2.75, 3.05) is 45.7 Å². The molecule has 6 nitrogen and oxygen atoms in total. The number of carbonyl (C=O) groups excluding carboxylic acids is 1. The van der Waals surface area contributed by atoms with Gasteiger partial charge < -0.3 is 9.80 Å². The molecule has 7 heteroatoms. The molecule has 2 saturated carbocycles. The van der Waals surface area contributed by atoms with Gasteiger partial charge in [0.2, 0.25) is 0 Å². The lowest BCUT2D eigenvalue weighted by Gasteiger charge is -2.51. The first-order chi connectivity index (χ1) is 14.7. The molecule has 31 heavy (non-hydrogen) atoms. The van der Waals surface area contributed by atoms with Gasteiger partial charge in [-0.3, -0.25) is 4.90 Å². The van der Waals surface area contributed by atoms with Gasteiger partial charge in [-0.05, 0) is 64.1 Å². The van der Waals surface area contributed by atoms with E-state index in [4.69, 9.17) is 0 Å². The van der Waals surface area contributed by atoms with E-state index in [1.54, 1.807) is 0 Å². The van der Waals surface area contributed by atoms with Gasteiger partial charge in [-0.25, -0.2) is 13.2 Å². The number of benzene rings is 1. The Morgan fingerprint density at radius 2 is 1.71 bits per heavy atom. The monoisotopic (exact) mass is 447 g/mol. The maximum Gasteiger partial charge on any atom is 0.320 e. The molecule has 172 valence electrons. The topological polar surface area (TPSA) is 60.9 Å². The van der Waals surface area contributed by atoms with Crippen LogP contribution in [-0.4, -0.2) is 80.4 Å². The molecule has 1 aromatic rings. The van der Waals surface area contributed by atoms with Crippen LogP contribution in [0.15, 0.2) is 30.3 Å². The highest BCUT2D eigenvalue weighted by Gasteiger charge is 2.54. The molecule has 2 aliphatic carbocycles. The molecule has 1 saturated heterocycles. The van der Waals surface area contributed by atoms with Crippen LogP contribution in [0.5, 0.6) is 0 Å². The second kappa shape index (κ2) is 8.39. The van der Waals surface area contributed by atoms with Crippen LogP contribution in [0.2, 0.25) is 0 Å². The van der Waals surface area contributed by atoms with E-state index < -0.39 is 9.84 Å². The maximum atomic E-state index is 13.4. The molecule has 3 aliphatic rings. The third-order valence-corrected chi connectivity index (χ3v) is 9.06. The Hall–Kier alpha value is -1.60. The number of hydrogen-bond donors (Lipinski definition) is 0. The lowest BCUT2D eigenvalue weighted by atomic mass is 9.68. The van der Waals surface area contributed by atoms with Crippen LogP contribution in [-0.2, 0) is 15.4 Å². The zero-order chi connectivity index (χ0) is 22.3. The first kappa shape index (κ1) is 22.6. The van der Waals surface area contributed by atoms with Crippen LogP contribution in [0.3, 0.4) is 0 Å². The molecule has 0 unspecified atom stereocenters. The Labute approximate surface area is 187 Å². The molecule has 1 aliphatic heterocycles. The van der Waals surface area contributed by atoms with Gasteiger partial charge in [-0.2, -0.15) is 0 Å². The number of hydrogen-bond acceptors (Lipinski definition) is 4. The van der Waals surface area contributed by atoms with E-state index >= 15 is 0 Å². The van der Waals surface area contributed by atoms with E-state index in [9.17, 15) is 13.2 Å². The third-order valence-electron chi connectivity index (χ3n) is 8.13. The normalized spacial score (nSPS) is 29.7. The predicted octanol–water partition coefficient (Wildman–Crippen LogP) is 3.34. The van der Waals surface area contributed by atoms with E-state index in [0.717, 1.165) is 32.2 Å². The highest BCUT2D eigenvalue weighted by Crippen LogP contribution is 2.49. The standard InChI is InChI=1S/C24H37N3O3S/c1-25(2)24(21-10-5-4-6-11-21)14-12-23(13-15-24)19-26(16-17-31(3,29)30)22(28)27(23)18-20-8-7-9-20/h4-6,10-11,20H,7-9,12-19H2,1-3H3/t23-,24-. The second-order valence-corrected chi connectivity index (χ2v) is 12.5. The average Bonchev–Trinajstić information content (AvgIpc) is 2.95. The van der Waals surface area contributed by atoms with Crippen molar-refractivity contribution in [1.29, 1.82) is 0 Å². The first-order valence-electron chi connectivity index (χ1n) is 11.6. The van der Waals surface area contributed by atoms with Gasteiger partial charge in [0.05, 0.1) is 11.3 Å². The molecule has 3 fully saturated rings. The molecule has 0 bridgehead atoms. The fourth-order valence-electron chi connectivity index (χ4n) is 5.84. The Morgan fingerprint density at radius 3 is 2.23 bits per heavy atom. The molecular formula is C24H37N3O3S. The number of sulfone groups is 1. The van der Waals surface area contributed by atoms with Crippen molar-refractivity contribution in [2.45, 2.75) is 56.0 Å². The van der Waals surface area contributed by atoms with Gasteiger partial charge in [0.1, 0.15) is 9.84 Å². The van der Waals surface area contributed by atoms with Crippen LogP contribution in [0.25, 0.3) is 0 Å². The molecule has 0 aromatic heterocycles. The molecule has 0 N–H and O–H groups in total. The number of urea groups is 1. The minimum Gasteiger partial charge on any atom is -0.321 e. The van der Waals surface area contributed by atoms with Crippen molar-refractivity contribution in [1.82, 2.24) is 14.7 Å². The van der Waals surface area contributed by atoms with E-state index in [1.165, 1.54) is 31.1 Å². The van der Waals surface area contributed by atoms with E-state index in [1.807, 2.05) is 4.90 Å². The number of nitrogens with zero attached hydrogens (tertiary/aromatic N) is 3. The summed E-state index contributed by atoms with van der Waals surface area (Å²) >= 11 is 0. The van der Waals surface area contributed by atoms with Crippen LogP contribution in [0, 0.1) is 5.92 Å². The highest BCUT2D eigenvalue weighted by atomic mass is 32.2. The Balaban J connectivity index is 1.57. The van der Waals surface area contributed by atoms with E-state index in [2.05, 4.69) is 54.2 Å². The number of rotatable bonds is 7. The van der Waals surface area contributed by atoms with Gasteiger partial charge in [-0.15, -0.1) is 0 Å². The summed E-state index contributed by atoms with van der Waals surface area (Å²) in [5, 5.41) is 0. The summed E-state index contributed by atoms with van der Waals surface area (Å²) in [6.07, 6.45) is 8.82. The SMILES string of the molecule is CN(C)[C@]1(c2ccccc2)CC[C@@]2(CC1)CN(CCS(C)(=O)=O)C(=O)N2CC1CCC1. The van der Waals surface area contributed by atoms with Gasteiger partial charge >= 0.3 is 6.03 Å². The summed E-state index contributed by atoms with van der Waals surface area (Å²) in [6.45, 7) is 1.79. The molecule has 4 rings (SSSR count). The van der Waals surface area contributed by atoms with Gasteiger partial charge in [0.25, 0.3) is 0 Å². The van der Waals surface area contributed by atoms with Crippen LogP contribution in [0.1, 0.15) is 50.5 Å². The average molecular weight is 448 g/mol. The largest absolute Gasteiger partial charge is 0.321 e. The second-order valence-electron chi connectivity index (χ2n) is 10.3. The van der Waals surface area contributed by atoms with Gasteiger partial charge in [-0.1, -0.05) is 36.8 Å². The minimum absolute atomic E-state index is 0.0160. The smallest absolute Gasteiger partial charge is 0.320 e. The van der Waals surface area contributed by atoms with E-state index in [-0.39, 0.29) is 22.9 Å². The fraction of sp³-hybridized carbons (Fsp3) is 0.708. The van der Waals surface area contributed by atoms with E-state index in [0.29, 0.717) is 19.0 Å². The number of amides is 2. The number of carbonyl (C=O) groups is 1. The molecule has 2 amide bonds. The van der Waals surface area contributed by atoms with Gasteiger partial charge in [0.15, 0.2) is 0 Å². The Kier molecular flexibility index (Phi) is 6.12. The van der Waals surface area contributed by atoms with Crippen molar-refractivity contribution in [3.8, 4) is 0 Å². The van der Waals surface area contributed by atoms with Crippen LogP contribution in [0.4, 0.5) is 4.79 Å². The zero-order valence-electron chi connectivity index (χ0n) is 19.2. The van der Waals surface area contributed by atoms with Crippen molar-refractivity contribution in [3.05, 3.63) is 35.9 Å². The molecular weight excluding hydrogens is 410 g/mol. The maximum absolute atomic E-state index is 13.4. The zero-order valence-corrected chi connectivity index (χ0v) is 20.0. The lowest BCUT2D eigenvalue weighted by molar-refractivity contribution is 0.0160. The van der Waals surface area contributed by atoms with Crippen LogP contribution >= 0.6 is 0 Å². The Bertz CT molecular complexity index is 888. The summed E-state index contributed by atoms with van der Waals surface area (Å²) in [7, 11) is 1.23. The molecule has 1 spiro atoms. The summed E-state index contributed by atoms with van der Waals surface area (Å²) in [5.74, 6) is 0.642. The summed E-state index contributed by atoms with van der Waals surface area (Å²) in [4.78, 5) is 19.7. The van der Waals surface area contributed by atoms with Crippen LogP contribution < -0.4 is 0 Å². The van der Waals surface area contributed by atoms with Crippen molar-refractivity contribution < 1.29 is 13.2 Å². The summed E-state index contributed by atoms with van der Waals surface area (Å²) < 4.78 is 23.5. The molecule has 1 heterocycles.